The van der Waals surface area contributed by atoms with Crippen LogP contribution in [0.5, 0.6) is 0 Å². The molecule has 0 saturated heterocycles. The van der Waals surface area contributed by atoms with Gasteiger partial charge in [0.2, 0.25) is 0 Å². The Morgan fingerprint density at radius 3 is 2.75 bits per heavy atom. The fraction of sp³-hybridized carbons (Fsp3) is 0.200. The summed E-state index contributed by atoms with van der Waals surface area (Å²) in [5.41, 5.74) is 5.29. The third-order valence-corrected chi connectivity index (χ3v) is 0.929. The third kappa shape index (κ3) is 0.932. The van der Waals surface area contributed by atoms with Gasteiger partial charge in [0.15, 0.2) is 0 Å². The summed E-state index contributed by atoms with van der Waals surface area (Å²) in [4.78, 5) is 0. The van der Waals surface area contributed by atoms with E-state index < -0.39 is 0 Å². The number of nitrogens with one attached hydrogen (secondary N) is 1. The van der Waals surface area contributed by atoms with Crippen molar-refractivity contribution < 1.29 is 5.11 Å². The first-order chi connectivity index (χ1) is 3.79. The molecule has 0 saturated carbocycles. The molecule has 1 aliphatic rings. The van der Waals surface area contributed by atoms with E-state index in [9.17, 15) is 0 Å². The minimum atomic E-state index is 0.319. The maximum Gasteiger partial charge on any atom is 0.111 e. The number of aliphatic hydroxyl groups excluding tert-OH is 1. The predicted molar refractivity (Wildman–Crippen MR) is 31.0 cm³/mol. The molecule has 1 rings (SSSR count). The van der Waals surface area contributed by atoms with Crippen LogP contribution in [-0.2, 0) is 0 Å². The predicted octanol–water partition coefficient (Wildman–Crippen LogP) is -0.168. The average molecular weight is 112 g/mol. The molecule has 0 radical (unpaired) electrons. The number of nitrogens with two attached hydrogens (primary N) is 1. The van der Waals surface area contributed by atoms with Crippen LogP contribution in [0.1, 0.15) is 0 Å². The largest absolute Gasteiger partial charge is 0.510 e. The number of allylic oxidation sites excluding steroid dienone is 2. The summed E-state index contributed by atoms with van der Waals surface area (Å²) in [5, 5.41) is 11.5. The second kappa shape index (κ2) is 1.78. The van der Waals surface area contributed by atoms with Crippen LogP contribution in [0.4, 0.5) is 0 Å². The molecule has 0 aromatic heterocycles. The van der Waals surface area contributed by atoms with Crippen molar-refractivity contribution in [2.24, 2.45) is 5.73 Å². The van der Waals surface area contributed by atoms with Crippen LogP contribution in [0.25, 0.3) is 0 Å². The molecule has 0 aromatic rings. The number of rotatable bonds is 0. The molecule has 0 amide bonds. The molecule has 0 spiro atoms. The van der Waals surface area contributed by atoms with Gasteiger partial charge in [-0.1, -0.05) is 0 Å². The second-order valence-electron chi connectivity index (χ2n) is 1.63. The van der Waals surface area contributed by atoms with Crippen LogP contribution in [0.2, 0.25) is 0 Å². The van der Waals surface area contributed by atoms with Gasteiger partial charge < -0.3 is 16.2 Å². The van der Waals surface area contributed by atoms with E-state index in [0.29, 0.717) is 18.1 Å². The van der Waals surface area contributed by atoms with Crippen LogP contribution >= 0.6 is 0 Å². The first-order valence-corrected chi connectivity index (χ1v) is 2.38. The molecule has 0 aliphatic carbocycles. The molecule has 0 fully saturated rings. The molecule has 8 heavy (non-hydrogen) atoms. The second-order valence-corrected chi connectivity index (χ2v) is 1.63. The van der Waals surface area contributed by atoms with Gasteiger partial charge in [-0.2, -0.15) is 0 Å². The highest BCUT2D eigenvalue weighted by molar-refractivity contribution is 5.17. The van der Waals surface area contributed by atoms with E-state index in [4.69, 9.17) is 10.8 Å². The normalized spacial score (nSPS) is 18.5. The smallest absolute Gasteiger partial charge is 0.111 e. The van der Waals surface area contributed by atoms with Gasteiger partial charge in [-0.3, -0.25) is 0 Å². The van der Waals surface area contributed by atoms with Crippen molar-refractivity contribution in [3.05, 3.63) is 23.7 Å². The van der Waals surface area contributed by atoms with E-state index >= 15 is 0 Å². The standard InChI is InChI=1S/C5H8N2O/c6-5-2-1-4(8)3-7-5/h1-2,7-8H,3,6H2. The molecule has 4 N–H and O–H groups in total. The molecular weight excluding hydrogens is 104 g/mol. The Morgan fingerprint density at radius 2 is 2.38 bits per heavy atom. The molecule has 0 atom stereocenters. The van der Waals surface area contributed by atoms with Gasteiger partial charge in [0, 0.05) is 0 Å². The van der Waals surface area contributed by atoms with Crippen molar-refractivity contribution in [3.63, 3.8) is 0 Å². The molecule has 44 valence electrons. The maximum absolute atomic E-state index is 8.73. The zero-order valence-corrected chi connectivity index (χ0v) is 4.39. The molecule has 1 aliphatic heterocycles. The fourth-order valence-electron chi connectivity index (χ4n) is 0.496. The fourth-order valence-corrected chi connectivity index (χ4v) is 0.496. The monoisotopic (exact) mass is 112 g/mol. The summed E-state index contributed by atoms with van der Waals surface area (Å²) in [7, 11) is 0. The van der Waals surface area contributed by atoms with Crippen LogP contribution in [0, 0.1) is 0 Å². The van der Waals surface area contributed by atoms with Crippen molar-refractivity contribution >= 4 is 0 Å². The van der Waals surface area contributed by atoms with Crippen molar-refractivity contribution in [2.45, 2.75) is 0 Å². The van der Waals surface area contributed by atoms with E-state index in [-0.39, 0.29) is 0 Å². The number of dihydropyridines is 1. The van der Waals surface area contributed by atoms with Gasteiger partial charge in [0.25, 0.3) is 0 Å². The number of hydrogen-bond acceptors (Lipinski definition) is 3. The lowest BCUT2D eigenvalue weighted by Gasteiger charge is -2.08. The van der Waals surface area contributed by atoms with Crippen molar-refractivity contribution in [2.75, 3.05) is 6.54 Å². The Kier molecular flexibility index (Phi) is 1.12. The van der Waals surface area contributed by atoms with E-state index in [2.05, 4.69) is 5.32 Å². The Hall–Kier alpha value is -1.12. The summed E-state index contributed by atoms with van der Waals surface area (Å²) >= 11 is 0. The third-order valence-electron chi connectivity index (χ3n) is 0.929. The van der Waals surface area contributed by atoms with E-state index in [1.807, 2.05) is 0 Å². The van der Waals surface area contributed by atoms with Crippen molar-refractivity contribution in [3.8, 4) is 0 Å². The average Bonchev–Trinajstić information content (AvgIpc) is 1.77. The van der Waals surface area contributed by atoms with Gasteiger partial charge >= 0.3 is 0 Å². The molecule has 0 aromatic carbocycles. The molecule has 0 unspecified atom stereocenters. The number of hydrogen-bond donors (Lipinski definition) is 3. The minimum Gasteiger partial charge on any atom is -0.510 e. The van der Waals surface area contributed by atoms with Crippen LogP contribution in [0.3, 0.4) is 0 Å². The highest BCUT2D eigenvalue weighted by Gasteiger charge is 1.96. The SMILES string of the molecule is NC1=CC=C(O)CN1. The zero-order valence-electron chi connectivity index (χ0n) is 4.39. The topological polar surface area (TPSA) is 58.3 Å². The summed E-state index contributed by atoms with van der Waals surface area (Å²) in [6.45, 7) is 0.447. The first kappa shape index (κ1) is 5.03. The highest BCUT2D eigenvalue weighted by Crippen LogP contribution is 1.94. The number of aliphatic hydroxyl groups is 1. The Labute approximate surface area is 47.5 Å². The molecule has 3 heteroatoms. The van der Waals surface area contributed by atoms with E-state index in [0.717, 1.165) is 0 Å². The maximum atomic E-state index is 8.73. The molecule has 0 bridgehead atoms. The van der Waals surface area contributed by atoms with Gasteiger partial charge in [-0.25, -0.2) is 0 Å². The quantitative estimate of drug-likeness (QED) is 0.408. The van der Waals surface area contributed by atoms with E-state index in [1.54, 1.807) is 12.2 Å². The summed E-state index contributed by atoms with van der Waals surface area (Å²) in [6.07, 6.45) is 3.20. The lowest BCUT2D eigenvalue weighted by atomic mass is 10.3. The Bertz CT molecular complexity index is 131. The van der Waals surface area contributed by atoms with Crippen LogP contribution in [-0.4, -0.2) is 11.7 Å². The zero-order chi connectivity index (χ0) is 5.98. The van der Waals surface area contributed by atoms with Crippen molar-refractivity contribution in [1.82, 2.24) is 5.32 Å². The lowest BCUT2D eigenvalue weighted by molar-refractivity contribution is 0.391. The molecule has 3 nitrogen and oxygen atoms in total. The summed E-state index contributed by atoms with van der Waals surface area (Å²) in [6, 6.07) is 0. The Balaban J connectivity index is 2.65. The van der Waals surface area contributed by atoms with Crippen molar-refractivity contribution in [1.29, 1.82) is 0 Å². The first-order valence-electron chi connectivity index (χ1n) is 2.38. The van der Waals surface area contributed by atoms with Gasteiger partial charge in [0.05, 0.1) is 12.4 Å². The summed E-state index contributed by atoms with van der Waals surface area (Å²) in [5.74, 6) is 0.919. The van der Waals surface area contributed by atoms with Gasteiger partial charge in [0.1, 0.15) is 5.76 Å². The Morgan fingerprint density at radius 1 is 1.62 bits per heavy atom. The van der Waals surface area contributed by atoms with Gasteiger partial charge in [-0.05, 0) is 12.2 Å². The van der Waals surface area contributed by atoms with Crippen LogP contribution < -0.4 is 11.1 Å². The lowest BCUT2D eigenvalue weighted by Crippen LogP contribution is -2.24. The summed E-state index contributed by atoms with van der Waals surface area (Å²) < 4.78 is 0. The van der Waals surface area contributed by atoms with Gasteiger partial charge in [-0.15, -0.1) is 0 Å². The minimum absolute atomic E-state index is 0.319. The van der Waals surface area contributed by atoms with Crippen LogP contribution in [0.15, 0.2) is 23.7 Å². The molecule has 1 heterocycles. The van der Waals surface area contributed by atoms with E-state index in [1.165, 1.54) is 0 Å². The highest BCUT2D eigenvalue weighted by atomic mass is 16.3. The molecular formula is C5H8N2O.